The van der Waals surface area contributed by atoms with Crippen LogP contribution in [0.25, 0.3) is 0 Å². The van der Waals surface area contributed by atoms with Gasteiger partial charge in [-0.2, -0.15) is 0 Å². The van der Waals surface area contributed by atoms with Gasteiger partial charge < -0.3 is 10.2 Å². The van der Waals surface area contributed by atoms with Gasteiger partial charge in [0.15, 0.2) is 0 Å². The Kier molecular flexibility index (Phi) is 5.39. The zero-order valence-corrected chi connectivity index (χ0v) is 14.9. The fourth-order valence-electron chi connectivity index (χ4n) is 2.50. The smallest absolute Gasteiger partial charge is 0.244 e. The predicted molar refractivity (Wildman–Crippen MR) is 98.5 cm³/mol. The van der Waals surface area contributed by atoms with Crippen molar-refractivity contribution in [1.82, 2.24) is 0 Å². The second-order valence-electron chi connectivity index (χ2n) is 6.17. The van der Waals surface area contributed by atoms with Gasteiger partial charge in [0.2, 0.25) is 11.8 Å². The molecule has 0 saturated carbocycles. The summed E-state index contributed by atoms with van der Waals surface area (Å²) in [6.45, 7) is 9.45. The number of hydrogen-bond donors (Lipinski definition) is 1. The molecule has 0 saturated heterocycles. The van der Waals surface area contributed by atoms with Crippen LogP contribution in [0, 0.1) is 27.7 Å². The van der Waals surface area contributed by atoms with Crippen LogP contribution in [0.5, 0.6) is 0 Å². The number of carbonyl (C=O) groups is 2. The molecule has 0 aromatic heterocycles. The lowest BCUT2D eigenvalue weighted by Gasteiger charge is -2.22. The number of carbonyl (C=O) groups excluding carboxylic acids is 2. The fraction of sp³-hybridized carbons (Fsp3) is 0.300. The molecule has 24 heavy (non-hydrogen) atoms. The summed E-state index contributed by atoms with van der Waals surface area (Å²) in [5, 5.41) is 2.90. The molecule has 0 fully saturated rings. The normalized spacial score (nSPS) is 10.4. The molecule has 0 bridgehead atoms. The van der Waals surface area contributed by atoms with Crippen molar-refractivity contribution in [3.05, 3.63) is 58.7 Å². The second-order valence-corrected chi connectivity index (χ2v) is 6.17. The summed E-state index contributed by atoms with van der Waals surface area (Å²) in [7, 11) is 0. The first-order valence-electron chi connectivity index (χ1n) is 8.01. The van der Waals surface area contributed by atoms with Gasteiger partial charge in [-0.25, -0.2) is 0 Å². The standard InChI is InChI=1S/C20H24N2O2/c1-13-9-10-18(11-15(13)3)22(17(5)23)12-20(24)21-19-8-6-7-14(2)16(19)4/h6-11H,12H2,1-5H3,(H,21,24). The Balaban J connectivity index is 2.18. The Bertz CT molecular complexity index is 781. The van der Waals surface area contributed by atoms with Gasteiger partial charge in [0, 0.05) is 18.3 Å². The Hall–Kier alpha value is -2.62. The number of benzene rings is 2. The van der Waals surface area contributed by atoms with E-state index in [2.05, 4.69) is 5.32 Å². The van der Waals surface area contributed by atoms with Crippen LogP contribution in [-0.4, -0.2) is 18.4 Å². The minimum Gasteiger partial charge on any atom is -0.324 e. The lowest BCUT2D eigenvalue weighted by molar-refractivity contribution is -0.120. The first kappa shape index (κ1) is 17.7. The van der Waals surface area contributed by atoms with E-state index in [1.807, 2.05) is 64.1 Å². The van der Waals surface area contributed by atoms with Crippen molar-refractivity contribution < 1.29 is 9.59 Å². The van der Waals surface area contributed by atoms with Crippen molar-refractivity contribution in [2.75, 3.05) is 16.8 Å². The summed E-state index contributed by atoms with van der Waals surface area (Å²) in [5.74, 6) is -0.369. The predicted octanol–water partition coefficient (Wildman–Crippen LogP) is 3.91. The molecule has 4 heteroatoms. The van der Waals surface area contributed by atoms with Gasteiger partial charge >= 0.3 is 0 Å². The van der Waals surface area contributed by atoms with Crippen LogP contribution >= 0.6 is 0 Å². The highest BCUT2D eigenvalue weighted by Gasteiger charge is 2.17. The third-order valence-electron chi connectivity index (χ3n) is 4.36. The molecule has 0 spiro atoms. The summed E-state index contributed by atoms with van der Waals surface area (Å²) >= 11 is 0. The Morgan fingerprint density at radius 2 is 1.67 bits per heavy atom. The van der Waals surface area contributed by atoms with Gasteiger partial charge in [0.1, 0.15) is 6.54 Å². The topological polar surface area (TPSA) is 49.4 Å². The zero-order chi connectivity index (χ0) is 17.9. The first-order chi connectivity index (χ1) is 11.3. The maximum absolute atomic E-state index is 12.4. The number of rotatable bonds is 4. The third kappa shape index (κ3) is 4.02. The minimum atomic E-state index is -0.211. The number of amides is 2. The highest BCUT2D eigenvalue weighted by atomic mass is 16.2. The molecule has 2 aromatic rings. The van der Waals surface area contributed by atoms with Crippen molar-refractivity contribution in [2.24, 2.45) is 0 Å². The minimum absolute atomic E-state index is 0.00871. The van der Waals surface area contributed by atoms with Crippen LogP contribution in [0.1, 0.15) is 29.2 Å². The highest BCUT2D eigenvalue weighted by Crippen LogP contribution is 2.20. The zero-order valence-electron chi connectivity index (χ0n) is 14.9. The SMILES string of the molecule is CC(=O)N(CC(=O)Nc1cccc(C)c1C)c1ccc(C)c(C)c1. The van der Waals surface area contributed by atoms with Crippen LogP contribution in [0.3, 0.4) is 0 Å². The first-order valence-corrected chi connectivity index (χ1v) is 8.01. The molecule has 4 nitrogen and oxygen atoms in total. The van der Waals surface area contributed by atoms with Gasteiger partial charge in [-0.05, 0) is 68.1 Å². The van der Waals surface area contributed by atoms with Gasteiger partial charge in [-0.15, -0.1) is 0 Å². The molecule has 2 aromatic carbocycles. The van der Waals surface area contributed by atoms with E-state index in [1.165, 1.54) is 11.8 Å². The van der Waals surface area contributed by atoms with Crippen molar-refractivity contribution in [2.45, 2.75) is 34.6 Å². The largest absolute Gasteiger partial charge is 0.324 e. The summed E-state index contributed by atoms with van der Waals surface area (Å²) in [4.78, 5) is 25.9. The molecule has 0 aliphatic carbocycles. The van der Waals surface area contributed by atoms with Crippen molar-refractivity contribution in [1.29, 1.82) is 0 Å². The van der Waals surface area contributed by atoms with E-state index in [-0.39, 0.29) is 18.4 Å². The number of anilines is 2. The number of nitrogens with zero attached hydrogens (tertiary/aromatic N) is 1. The van der Waals surface area contributed by atoms with Gasteiger partial charge in [0.25, 0.3) is 0 Å². The number of hydrogen-bond acceptors (Lipinski definition) is 2. The van der Waals surface area contributed by atoms with E-state index in [0.717, 1.165) is 33.6 Å². The van der Waals surface area contributed by atoms with E-state index in [9.17, 15) is 9.59 Å². The average Bonchev–Trinajstić information content (AvgIpc) is 2.52. The van der Waals surface area contributed by atoms with E-state index in [1.54, 1.807) is 0 Å². The summed E-state index contributed by atoms with van der Waals surface area (Å²) < 4.78 is 0. The van der Waals surface area contributed by atoms with Crippen molar-refractivity contribution in [3.63, 3.8) is 0 Å². The Labute approximate surface area is 143 Å². The lowest BCUT2D eigenvalue weighted by atomic mass is 10.1. The van der Waals surface area contributed by atoms with Gasteiger partial charge in [-0.3, -0.25) is 9.59 Å². The van der Waals surface area contributed by atoms with Crippen molar-refractivity contribution >= 4 is 23.2 Å². The average molecular weight is 324 g/mol. The molecule has 0 heterocycles. The van der Waals surface area contributed by atoms with E-state index in [0.29, 0.717) is 0 Å². The lowest BCUT2D eigenvalue weighted by Crippen LogP contribution is -2.36. The summed E-state index contributed by atoms with van der Waals surface area (Å²) in [5.41, 5.74) is 5.91. The molecule has 2 amide bonds. The van der Waals surface area contributed by atoms with Crippen LogP contribution < -0.4 is 10.2 Å². The Morgan fingerprint density at radius 1 is 0.958 bits per heavy atom. The monoisotopic (exact) mass is 324 g/mol. The van der Waals surface area contributed by atoms with Crippen LogP contribution in [0.4, 0.5) is 11.4 Å². The molecular formula is C20H24N2O2. The van der Waals surface area contributed by atoms with Gasteiger partial charge in [0.05, 0.1) is 0 Å². The Morgan fingerprint density at radius 3 is 2.29 bits per heavy atom. The van der Waals surface area contributed by atoms with Crippen molar-refractivity contribution in [3.8, 4) is 0 Å². The maximum atomic E-state index is 12.4. The summed E-state index contributed by atoms with van der Waals surface area (Å²) in [6, 6.07) is 11.5. The number of aryl methyl sites for hydroxylation is 3. The molecule has 126 valence electrons. The molecular weight excluding hydrogens is 300 g/mol. The molecule has 0 radical (unpaired) electrons. The molecule has 0 aliphatic rings. The molecule has 0 unspecified atom stereocenters. The highest BCUT2D eigenvalue weighted by molar-refractivity contribution is 6.02. The molecule has 0 aliphatic heterocycles. The maximum Gasteiger partial charge on any atom is 0.244 e. The van der Waals surface area contributed by atoms with E-state index < -0.39 is 0 Å². The van der Waals surface area contributed by atoms with E-state index in [4.69, 9.17) is 0 Å². The van der Waals surface area contributed by atoms with Crippen LogP contribution in [0.2, 0.25) is 0 Å². The quantitative estimate of drug-likeness (QED) is 0.927. The number of nitrogens with one attached hydrogen (secondary N) is 1. The van der Waals surface area contributed by atoms with Gasteiger partial charge in [-0.1, -0.05) is 18.2 Å². The summed E-state index contributed by atoms with van der Waals surface area (Å²) in [6.07, 6.45) is 0. The third-order valence-corrected chi connectivity index (χ3v) is 4.36. The molecule has 1 N–H and O–H groups in total. The fourth-order valence-corrected chi connectivity index (χ4v) is 2.50. The van der Waals surface area contributed by atoms with E-state index >= 15 is 0 Å². The molecule has 2 rings (SSSR count). The molecule has 0 atom stereocenters. The second kappa shape index (κ2) is 7.30. The van der Waals surface area contributed by atoms with Crippen LogP contribution in [-0.2, 0) is 9.59 Å². The van der Waals surface area contributed by atoms with Crippen LogP contribution in [0.15, 0.2) is 36.4 Å².